The molecule has 0 unspecified atom stereocenters. The smallest absolute Gasteiger partial charge is 0.208 e. The predicted molar refractivity (Wildman–Crippen MR) is 70.5 cm³/mol. The van der Waals surface area contributed by atoms with Crippen LogP contribution in [0.2, 0.25) is 0 Å². The van der Waals surface area contributed by atoms with Crippen LogP contribution in [-0.2, 0) is 18.9 Å². The van der Waals surface area contributed by atoms with Crippen LogP contribution in [0.5, 0.6) is 0 Å². The fourth-order valence-electron chi connectivity index (χ4n) is 3.97. The molecule has 2 saturated heterocycles. The molecule has 0 aromatic heterocycles. The highest BCUT2D eigenvalue weighted by Crippen LogP contribution is 2.59. The van der Waals surface area contributed by atoms with Gasteiger partial charge in [-0.25, -0.2) is 0 Å². The molecular weight excluding hydrogens is 312 g/mol. The first kappa shape index (κ1) is 15.7. The molecule has 0 spiro atoms. The zero-order valence-electron chi connectivity index (χ0n) is 12.1. The molecule has 0 amide bonds. The molecule has 0 bridgehead atoms. The maximum atomic E-state index is 10.2. The Morgan fingerprint density at radius 1 is 1.04 bits per heavy atom. The summed E-state index contributed by atoms with van der Waals surface area (Å²) in [4.78, 5) is 0. The largest absolute Gasteiger partial charge is 0.472 e. The average Bonchev–Trinajstić information content (AvgIpc) is 3.18. The monoisotopic (exact) mass is 332 g/mol. The number of aliphatic hydroxyl groups excluding tert-OH is 5. The van der Waals surface area contributed by atoms with E-state index >= 15 is 0 Å². The second-order valence-corrected chi connectivity index (χ2v) is 6.42. The summed E-state index contributed by atoms with van der Waals surface area (Å²) in [5, 5.41) is 48.7. The SMILES string of the molecule is OC[C@@H]1O[C@@H](O[C@@H]2OC=C[C@H]3[C@H](O)[C@@H]4O[C@]4(CO)[C@@H]23)[C@H](O)[C@H]1O. The molecule has 0 radical (unpaired) electrons. The minimum Gasteiger partial charge on any atom is -0.472 e. The first-order valence-corrected chi connectivity index (χ1v) is 7.60. The van der Waals surface area contributed by atoms with Gasteiger partial charge >= 0.3 is 0 Å². The number of epoxide rings is 1. The van der Waals surface area contributed by atoms with Crippen LogP contribution in [0.15, 0.2) is 12.3 Å². The van der Waals surface area contributed by atoms with Crippen molar-refractivity contribution in [2.24, 2.45) is 11.8 Å². The fraction of sp³-hybridized carbons (Fsp3) is 0.857. The molecule has 130 valence electrons. The third kappa shape index (κ3) is 2.09. The van der Waals surface area contributed by atoms with Crippen LogP contribution in [0.1, 0.15) is 0 Å². The second-order valence-electron chi connectivity index (χ2n) is 6.42. The zero-order chi connectivity index (χ0) is 16.4. The number of rotatable bonds is 4. The number of ether oxygens (including phenoxy) is 4. The molecule has 3 aliphatic heterocycles. The van der Waals surface area contributed by atoms with E-state index in [1.54, 1.807) is 6.08 Å². The molecular formula is C14H20O9. The van der Waals surface area contributed by atoms with Crippen molar-refractivity contribution in [1.29, 1.82) is 0 Å². The van der Waals surface area contributed by atoms with E-state index in [4.69, 9.17) is 24.1 Å². The third-order valence-electron chi connectivity index (χ3n) is 5.27. The molecule has 4 rings (SSSR count). The lowest BCUT2D eigenvalue weighted by Gasteiger charge is -2.36. The molecule has 9 nitrogen and oxygen atoms in total. The standard InChI is InChI=1S/C14H20O9/c15-3-6-9(18)10(19)13(21-6)22-12-7-5(1-2-20-12)8(17)11-14(7,4-16)23-11/h1-2,5-13,15-19H,3-4H2/t5-,6+,7-,8+,9+,10-,11+,12+,13+,14-/m1/s1. The molecule has 10 atom stereocenters. The molecule has 23 heavy (non-hydrogen) atoms. The Morgan fingerprint density at radius 3 is 2.48 bits per heavy atom. The summed E-state index contributed by atoms with van der Waals surface area (Å²) in [6.07, 6.45) is -3.84. The van der Waals surface area contributed by atoms with Crippen LogP contribution < -0.4 is 0 Å². The summed E-state index contributed by atoms with van der Waals surface area (Å²) >= 11 is 0. The normalized spacial score (nSPS) is 57.0. The van der Waals surface area contributed by atoms with Crippen molar-refractivity contribution in [3.8, 4) is 0 Å². The number of aliphatic hydroxyl groups is 5. The molecule has 1 saturated carbocycles. The van der Waals surface area contributed by atoms with Crippen molar-refractivity contribution in [1.82, 2.24) is 0 Å². The van der Waals surface area contributed by atoms with Gasteiger partial charge < -0.3 is 44.5 Å². The Labute approximate surface area is 131 Å². The van der Waals surface area contributed by atoms with Crippen LogP contribution in [0, 0.1) is 11.8 Å². The highest BCUT2D eigenvalue weighted by atomic mass is 16.8. The van der Waals surface area contributed by atoms with Gasteiger partial charge in [-0.2, -0.15) is 0 Å². The molecule has 3 heterocycles. The van der Waals surface area contributed by atoms with Crippen LogP contribution in [0.4, 0.5) is 0 Å². The van der Waals surface area contributed by atoms with Gasteiger partial charge in [0.25, 0.3) is 0 Å². The predicted octanol–water partition coefficient (Wildman–Crippen LogP) is -2.95. The van der Waals surface area contributed by atoms with E-state index in [1.807, 2.05) is 0 Å². The quantitative estimate of drug-likeness (QED) is 0.342. The number of hydrogen-bond acceptors (Lipinski definition) is 9. The molecule has 0 aromatic carbocycles. The Morgan fingerprint density at radius 2 is 1.83 bits per heavy atom. The van der Waals surface area contributed by atoms with E-state index in [-0.39, 0.29) is 12.5 Å². The summed E-state index contributed by atoms with van der Waals surface area (Å²) in [5.41, 5.74) is -0.932. The molecule has 1 aliphatic carbocycles. The maximum absolute atomic E-state index is 10.2. The van der Waals surface area contributed by atoms with E-state index in [9.17, 15) is 20.4 Å². The van der Waals surface area contributed by atoms with Crippen LogP contribution in [0.25, 0.3) is 0 Å². The van der Waals surface area contributed by atoms with E-state index in [0.717, 1.165) is 0 Å². The number of fused-ring (bicyclic) bond motifs is 3. The third-order valence-corrected chi connectivity index (χ3v) is 5.27. The van der Waals surface area contributed by atoms with Crippen molar-refractivity contribution >= 4 is 0 Å². The van der Waals surface area contributed by atoms with Crippen LogP contribution in [0.3, 0.4) is 0 Å². The van der Waals surface area contributed by atoms with E-state index < -0.39 is 61.2 Å². The molecule has 9 heteroatoms. The first-order chi connectivity index (χ1) is 11.0. The second kappa shape index (κ2) is 5.36. The van der Waals surface area contributed by atoms with Crippen molar-refractivity contribution in [2.45, 2.75) is 48.7 Å². The van der Waals surface area contributed by atoms with Gasteiger partial charge in [0, 0.05) is 5.92 Å². The van der Waals surface area contributed by atoms with Crippen LogP contribution in [-0.4, -0.2) is 87.4 Å². The Kier molecular flexibility index (Phi) is 3.67. The van der Waals surface area contributed by atoms with Crippen molar-refractivity contribution < 1.29 is 44.5 Å². The first-order valence-electron chi connectivity index (χ1n) is 7.60. The van der Waals surface area contributed by atoms with E-state index in [2.05, 4.69) is 0 Å². The summed E-state index contributed by atoms with van der Waals surface area (Å²) in [5.74, 6) is -0.782. The summed E-state index contributed by atoms with van der Waals surface area (Å²) in [6.45, 7) is -0.747. The minimum absolute atomic E-state index is 0.289. The lowest BCUT2D eigenvalue weighted by molar-refractivity contribution is -0.275. The van der Waals surface area contributed by atoms with Gasteiger partial charge in [0.1, 0.15) is 30.0 Å². The molecule has 4 aliphatic rings. The maximum Gasteiger partial charge on any atom is 0.208 e. The molecule has 5 N–H and O–H groups in total. The van der Waals surface area contributed by atoms with Gasteiger partial charge in [-0.05, 0) is 6.08 Å². The Balaban J connectivity index is 1.52. The van der Waals surface area contributed by atoms with Crippen molar-refractivity contribution in [3.05, 3.63) is 12.3 Å². The number of hydrogen-bond donors (Lipinski definition) is 5. The van der Waals surface area contributed by atoms with Gasteiger partial charge in [0.2, 0.25) is 6.29 Å². The Bertz CT molecular complexity index is 499. The van der Waals surface area contributed by atoms with Gasteiger partial charge in [-0.3, -0.25) is 0 Å². The van der Waals surface area contributed by atoms with Gasteiger partial charge in [0.15, 0.2) is 6.29 Å². The van der Waals surface area contributed by atoms with Gasteiger partial charge in [0.05, 0.1) is 31.5 Å². The zero-order valence-corrected chi connectivity index (χ0v) is 12.1. The average molecular weight is 332 g/mol. The summed E-state index contributed by atoms with van der Waals surface area (Å²) in [7, 11) is 0. The van der Waals surface area contributed by atoms with Crippen molar-refractivity contribution in [2.75, 3.05) is 13.2 Å². The summed E-state index contributed by atoms with van der Waals surface area (Å²) in [6, 6.07) is 0. The lowest BCUT2D eigenvalue weighted by Crippen LogP contribution is -2.46. The lowest BCUT2D eigenvalue weighted by atomic mass is 9.86. The Hall–Kier alpha value is -0.780. The van der Waals surface area contributed by atoms with Gasteiger partial charge in [-0.15, -0.1) is 0 Å². The van der Waals surface area contributed by atoms with E-state index in [1.165, 1.54) is 6.26 Å². The van der Waals surface area contributed by atoms with Crippen molar-refractivity contribution in [3.63, 3.8) is 0 Å². The topological polar surface area (TPSA) is 141 Å². The highest BCUT2D eigenvalue weighted by Gasteiger charge is 2.75. The molecule has 3 fully saturated rings. The fourth-order valence-corrected chi connectivity index (χ4v) is 3.97. The van der Waals surface area contributed by atoms with E-state index in [0.29, 0.717) is 0 Å². The van der Waals surface area contributed by atoms with Gasteiger partial charge in [-0.1, -0.05) is 0 Å². The van der Waals surface area contributed by atoms with Crippen LogP contribution >= 0.6 is 0 Å². The summed E-state index contributed by atoms with van der Waals surface area (Å²) < 4.78 is 21.8. The molecule has 0 aromatic rings. The highest BCUT2D eigenvalue weighted by molar-refractivity contribution is 5.24. The minimum atomic E-state index is -1.34.